The minimum absolute atomic E-state index is 0.0130. The number of Topliss-reactive ketones (excluding diaryl/α,β-unsaturated/α-hetero) is 2. The van der Waals surface area contributed by atoms with E-state index < -0.39 is 9.85 Å². The highest BCUT2D eigenvalue weighted by Crippen LogP contribution is 2.49. The number of carbonyl (C=O) groups excluding carboxylic acids is 2. The van der Waals surface area contributed by atoms with Crippen molar-refractivity contribution in [1.82, 2.24) is 0 Å². The Labute approximate surface area is 230 Å². The molecule has 4 bridgehead atoms. The molecule has 0 aromatic heterocycles. The van der Waals surface area contributed by atoms with Crippen molar-refractivity contribution in [2.45, 2.75) is 24.7 Å². The van der Waals surface area contributed by atoms with Crippen molar-refractivity contribution in [3.8, 4) is 0 Å². The molecule has 0 heterocycles. The van der Waals surface area contributed by atoms with E-state index in [2.05, 4.69) is 0 Å². The molecule has 2 N–H and O–H groups in total. The number of nitrogens with zero attached hydrogens (tertiary/aromatic N) is 2. The molecule has 2 saturated carbocycles. The highest BCUT2D eigenvalue weighted by atomic mass is 16.6. The van der Waals surface area contributed by atoms with Crippen LogP contribution < -0.4 is 0 Å². The zero-order valence-corrected chi connectivity index (χ0v) is 21.6. The Balaban J connectivity index is 0.000000161. The van der Waals surface area contributed by atoms with Gasteiger partial charge in [-0.05, 0) is 24.7 Å². The summed E-state index contributed by atoms with van der Waals surface area (Å²) in [6.45, 7) is -0.0261. The molecule has 0 radical (unpaired) electrons. The maximum absolute atomic E-state index is 12.3. The van der Waals surface area contributed by atoms with Gasteiger partial charge in [0.15, 0.2) is 0 Å². The number of benzene rings is 2. The number of hydrogen-bond donors (Lipinski definition) is 2. The van der Waals surface area contributed by atoms with Gasteiger partial charge in [-0.3, -0.25) is 29.8 Å². The molecule has 0 saturated heterocycles. The van der Waals surface area contributed by atoms with Crippen LogP contribution in [-0.4, -0.2) is 44.8 Å². The third-order valence-corrected chi connectivity index (χ3v) is 8.89. The van der Waals surface area contributed by atoms with Crippen LogP contribution in [-0.2, 0) is 9.59 Å². The second kappa shape index (κ2) is 11.2. The van der Waals surface area contributed by atoms with Gasteiger partial charge in [-0.15, -0.1) is 0 Å². The van der Waals surface area contributed by atoms with Crippen LogP contribution in [0.1, 0.15) is 35.8 Å². The molecule has 0 amide bonds. The van der Waals surface area contributed by atoms with Crippen molar-refractivity contribution < 1.29 is 29.6 Å². The summed E-state index contributed by atoms with van der Waals surface area (Å²) >= 11 is 0. The number of nitro groups is 2. The molecule has 2 aromatic carbocycles. The summed E-state index contributed by atoms with van der Waals surface area (Å²) in [5.74, 6) is -1.31. The number of hydrogen-bond acceptors (Lipinski definition) is 8. The summed E-state index contributed by atoms with van der Waals surface area (Å²) in [4.78, 5) is 46.0. The van der Waals surface area contributed by atoms with Gasteiger partial charge >= 0.3 is 0 Å². The third kappa shape index (κ3) is 4.77. The summed E-state index contributed by atoms with van der Waals surface area (Å²) in [5, 5.41) is 40.9. The van der Waals surface area contributed by atoms with E-state index in [1.54, 1.807) is 36.4 Å². The van der Waals surface area contributed by atoms with E-state index in [1.165, 1.54) is 12.1 Å². The number of aliphatic hydroxyl groups excluding tert-OH is 2. The van der Waals surface area contributed by atoms with Crippen LogP contribution in [0.3, 0.4) is 0 Å². The van der Waals surface area contributed by atoms with Gasteiger partial charge in [0.1, 0.15) is 11.6 Å². The number of fused-ring (bicyclic) bond motifs is 4. The Bertz CT molecular complexity index is 1300. The fraction of sp³-hybridized carbons (Fsp3) is 0.400. The van der Waals surface area contributed by atoms with Crippen LogP contribution in [0, 0.1) is 55.7 Å². The van der Waals surface area contributed by atoms with Crippen molar-refractivity contribution in [3.05, 3.63) is 104 Å². The molecule has 10 nitrogen and oxygen atoms in total. The molecule has 10 heteroatoms. The lowest BCUT2D eigenvalue weighted by Gasteiger charge is -2.23. The number of aliphatic hydroxyl groups is 2. The van der Waals surface area contributed by atoms with Crippen LogP contribution in [0.2, 0.25) is 0 Å². The molecule has 4 aliphatic carbocycles. The zero-order chi connectivity index (χ0) is 28.6. The maximum Gasteiger partial charge on any atom is 0.273 e. The average Bonchev–Trinajstić information content (AvgIpc) is 3.26. The summed E-state index contributed by atoms with van der Waals surface area (Å²) in [6, 6.07) is 13.1. The molecule has 0 aliphatic heterocycles. The highest BCUT2D eigenvalue weighted by molar-refractivity contribution is 5.91. The molecule has 8 atom stereocenters. The monoisotopic (exact) mass is 546 g/mol. The molecule has 2 fully saturated rings. The normalized spacial score (nSPS) is 31.6. The first-order chi connectivity index (χ1) is 19.3. The fourth-order valence-corrected chi connectivity index (χ4v) is 6.92. The van der Waals surface area contributed by atoms with Gasteiger partial charge in [-0.25, -0.2) is 0 Å². The molecule has 40 heavy (non-hydrogen) atoms. The van der Waals surface area contributed by atoms with E-state index in [-0.39, 0.29) is 83.5 Å². The first-order valence-electron chi connectivity index (χ1n) is 13.4. The maximum atomic E-state index is 12.3. The SMILES string of the molecule is O=C1[C@@H]2C=C[C@H](c3ccccc3[N+](=O)[O-])[C@H]1C[C@H]2CO.O=C1[C@H]2C=C[C@@H](c3ccccc3[N+](=O)[O-])[C@@H]1C[C@@H]2CO. The van der Waals surface area contributed by atoms with Gasteiger partial charge in [0.05, 0.1) is 9.85 Å². The Morgan fingerprint density at radius 1 is 0.625 bits per heavy atom. The molecule has 4 aliphatic rings. The predicted octanol–water partition coefficient (Wildman–Crippen LogP) is 4.12. The Kier molecular flexibility index (Phi) is 7.73. The summed E-state index contributed by atoms with van der Waals surface area (Å²) in [6.07, 6.45) is 8.62. The molecular weight excluding hydrogens is 516 g/mol. The van der Waals surface area contributed by atoms with Crippen LogP contribution in [0.25, 0.3) is 0 Å². The van der Waals surface area contributed by atoms with Gasteiger partial charge in [0.2, 0.25) is 0 Å². The number of rotatable bonds is 6. The first-order valence-corrected chi connectivity index (χ1v) is 13.4. The van der Waals surface area contributed by atoms with Crippen molar-refractivity contribution in [3.63, 3.8) is 0 Å². The minimum atomic E-state index is -0.405. The number of nitro benzene ring substituents is 2. The van der Waals surface area contributed by atoms with Crippen LogP contribution >= 0.6 is 0 Å². The topological polar surface area (TPSA) is 161 Å². The van der Waals surface area contributed by atoms with Gasteiger partial charge in [0, 0.05) is 72.0 Å². The van der Waals surface area contributed by atoms with Crippen molar-refractivity contribution in [2.75, 3.05) is 13.2 Å². The lowest BCUT2D eigenvalue weighted by Crippen LogP contribution is -2.24. The quantitative estimate of drug-likeness (QED) is 0.311. The van der Waals surface area contributed by atoms with E-state index in [0.29, 0.717) is 24.0 Å². The van der Waals surface area contributed by atoms with Crippen molar-refractivity contribution in [2.24, 2.45) is 35.5 Å². The van der Waals surface area contributed by atoms with Gasteiger partial charge < -0.3 is 10.2 Å². The Hall–Kier alpha value is -4.02. The van der Waals surface area contributed by atoms with Crippen molar-refractivity contribution in [1.29, 1.82) is 0 Å². The first kappa shape index (κ1) is 27.5. The summed E-state index contributed by atoms with van der Waals surface area (Å²) in [7, 11) is 0. The number of para-hydroxylation sites is 2. The molecule has 0 unspecified atom stereocenters. The molecule has 208 valence electrons. The van der Waals surface area contributed by atoms with E-state index >= 15 is 0 Å². The van der Waals surface area contributed by atoms with E-state index in [0.717, 1.165) is 0 Å². The van der Waals surface area contributed by atoms with Crippen LogP contribution in [0.5, 0.6) is 0 Å². The molecule has 6 rings (SSSR count). The number of allylic oxidation sites excluding steroid dienone is 4. The molecule has 2 aromatic rings. The smallest absolute Gasteiger partial charge is 0.273 e. The second-order valence-electron chi connectivity index (χ2n) is 10.9. The third-order valence-electron chi connectivity index (χ3n) is 8.89. The number of carbonyl (C=O) groups is 2. The lowest BCUT2D eigenvalue weighted by atomic mass is 9.79. The van der Waals surface area contributed by atoms with Crippen LogP contribution in [0.4, 0.5) is 11.4 Å². The van der Waals surface area contributed by atoms with Crippen LogP contribution in [0.15, 0.2) is 72.8 Å². The number of ketones is 2. The highest BCUT2D eigenvalue weighted by Gasteiger charge is 2.48. The summed E-state index contributed by atoms with van der Waals surface area (Å²) in [5.41, 5.74) is 1.29. The molecular formula is C30H30N2O8. The van der Waals surface area contributed by atoms with Crippen molar-refractivity contribution >= 4 is 22.9 Å². The molecule has 0 spiro atoms. The standard InChI is InChI=1S/2C15H15NO4/c2*17-8-9-7-13-11(6-5-10(9)15(13)18)12-3-1-2-4-14(12)16(19)20/h2*1-6,9-11,13,17H,7-8H2/t2*9-,10+,11+,13+/m10/s1. The van der Waals surface area contributed by atoms with Gasteiger partial charge in [0.25, 0.3) is 11.4 Å². The van der Waals surface area contributed by atoms with Gasteiger partial charge in [-0.1, -0.05) is 60.7 Å². The zero-order valence-electron chi connectivity index (χ0n) is 21.6. The largest absolute Gasteiger partial charge is 0.396 e. The van der Waals surface area contributed by atoms with E-state index in [4.69, 9.17) is 0 Å². The predicted molar refractivity (Wildman–Crippen MR) is 144 cm³/mol. The minimum Gasteiger partial charge on any atom is -0.396 e. The van der Waals surface area contributed by atoms with E-state index in [1.807, 2.05) is 24.3 Å². The van der Waals surface area contributed by atoms with E-state index in [9.17, 15) is 40.0 Å². The second-order valence-corrected chi connectivity index (χ2v) is 10.9. The van der Waals surface area contributed by atoms with Gasteiger partial charge in [-0.2, -0.15) is 0 Å². The average molecular weight is 547 g/mol. The lowest BCUT2D eigenvalue weighted by molar-refractivity contribution is -0.385. The Morgan fingerprint density at radius 3 is 1.32 bits per heavy atom. The summed E-state index contributed by atoms with van der Waals surface area (Å²) < 4.78 is 0. The fourth-order valence-electron chi connectivity index (χ4n) is 6.92. The Morgan fingerprint density at radius 2 is 0.975 bits per heavy atom.